The molecule has 0 saturated heterocycles. The third-order valence-corrected chi connectivity index (χ3v) is 4.74. The molecule has 0 aliphatic carbocycles. The van der Waals surface area contributed by atoms with Gasteiger partial charge >= 0.3 is 0 Å². The monoisotopic (exact) mass is 290 g/mol. The van der Waals surface area contributed by atoms with Crippen molar-refractivity contribution in [3.05, 3.63) is 64.5 Å². The van der Waals surface area contributed by atoms with Crippen LogP contribution in [0.25, 0.3) is 0 Å². The van der Waals surface area contributed by atoms with Gasteiger partial charge in [-0.2, -0.15) is 0 Å². The van der Waals surface area contributed by atoms with Crippen LogP contribution >= 0.6 is 7.80 Å². The molecule has 0 radical (unpaired) electrons. The summed E-state index contributed by atoms with van der Waals surface area (Å²) in [4.78, 5) is 12.4. The Morgan fingerprint density at radius 1 is 1.00 bits per heavy atom. The molecule has 0 aliphatic heterocycles. The number of halogens is 1. The van der Waals surface area contributed by atoms with Crippen LogP contribution in [0, 0.1) is 26.6 Å². The molecule has 0 amide bonds. The van der Waals surface area contributed by atoms with Crippen LogP contribution in [-0.4, -0.2) is 5.52 Å². The van der Waals surface area contributed by atoms with E-state index in [-0.39, 0.29) is 5.52 Å². The summed E-state index contributed by atoms with van der Waals surface area (Å²) in [6.45, 7) is 5.64. The van der Waals surface area contributed by atoms with Gasteiger partial charge < -0.3 is 4.57 Å². The number of aryl methyl sites for hydroxylation is 3. The Morgan fingerprint density at radius 3 is 2.00 bits per heavy atom. The topological polar surface area (TPSA) is 34.1 Å². The molecule has 0 heterocycles. The van der Waals surface area contributed by atoms with Crippen LogP contribution in [0.5, 0.6) is 0 Å². The Balaban J connectivity index is 2.41. The molecule has 20 heavy (non-hydrogen) atoms. The molecule has 1 atom stereocenters. The van der Waals surface area contributed by atoms with Gasteiger partial charge in [-0.3, -0.25) is 4.79 Å². The maximum atomic E-state index is 12.9. The van der Waals surface area contributed by atoms with Gasteiger partial charge in [-0.05, 0) is 56.2 Å². The number of rotatable bonds is 3. The molecule has 0 spiro atoms. The molecule has 0 bridgehead atoms. The largest absolute Gasteiger partial charge is 0.313 e. The Morgan fingerprint density at radius 2 is 1.50 bits per heavy atom. The lowest BCUT2D eigenvalue weighted by molar-refractivity contribution is 0.107. The molecule has 2 aromatic rings. The molecular formula is C16H16FO2P. The van der Waals surface area contributed by atoms with Gasteiger partial charge in [-0.15, -0.1) is 0 Å². The summed E-state index contributed by atoms with van der Waals surface area (Å²) >= 11 is 0. The minimum absolute atomic E-state index is 0.364. The quantitative estimate of drug-likeness (QED) is 0.806. The first kappa shape index (κ1) is 14.7. The molecule has 0 N–H and O–H groups in total. The lowest BCUT2D eigenvalue weighted by Gasteiger charge is -2.10. The van der Waals surface area contributed by atoms with E-state index in [9.17, 15) is 13.8 Å². The molecule has 2 rings (SSSR count). The second kappa shape index (κ2) is 5.72. The summed E-state index contributed by atoms with van der Waals surface area (Å²) in [6.07, 6.45) is 0. The summed E-state index contributed by atoms with van der Waals surface area (Å²) in [5, 5.41) is 0.390. The van der Waals surface area contributed by atoms with Crippen molar-refractivity contribution < 1.29 is 13.8 Å². The highest BCUT2D eigenvalue weighted by Crippen LogP contribution is 2.30. The second-order valence-corrected chi connectivity index (χ2v) is 6.63. The third-order valence-electron chi connectivity index (χ3n) is 3.22. The number of carbonyl (C=O) groups excluding carboxylic acids is 1. The van der Waals surface area contributed by atoms with Crippen molar-refractivity contribution >= 4 is 18.6 Å². The van der Waals surface area contributed by atoms with Gasteiger partial charge in [0, 0.05) is 10.9 Å². The molecule has 0 fully saturated rings. The maximum Gasteiger partial charge on any atom is 0.223 e. The first-order valence-corrected chi connectivity index (χ1v) is 7.73. The summed E-state index contributed by atoms with van der Waals surface area (Å²) in [5.74, 6) is -0.404. The third kappa shape index (κ3) is 2.88. The summed E-state index contributed by atoms with van der Waals surface area (Å²) in [6, 6.07) is 9.07. The van der Waals surface area contributed by atoms with Crippen LogP contribution in [0.4, 0.5) is 4.39 Å². The first-order chi connectivity index (χ1) is 9.40. The Hall–Kier alpha value is -1.73. The van der Waals surface area contributed by atoms with Crippen LogP contribution in [0.1, 0.15) is 27.0 Å². The predicted octanol–water partition coefficient (Wildman–Crippen LogP) is 3.78. The van der Waals surface area contributed by atoms with Crippen molar-refractivity contribution in [2.24, 2.45) is 0 Å². The zero-order valence-electron chi connectivity index (χ0n) is 11.7. The van der Waals surface area contributed by atoms with Crippen molar-refractivity contribution in [2.75, 3.05) is 0 Å². The molecule has 2 nitrogen and oxygen atoms in total. The molecule has 2 aromatic carbocycles. The number of carbonyl (C=O) groups is 1. The van der Waals surface area contributed by atoms with E-state index in [4.69, 9.17) is 0 Å². The Kier molecular flexibility index (Phi) is 4.20. The SMILES string of the molecule is Cc1cc(C)c(C(=O)[PH](=O)c2ccc(F)cc2)c(C)c1. The lowest BCUT2D eigenvalue weighted by Crippen LogP contribution is -2.07. The van der Waals surface area contributed by atoms with Gasteiger partial charge in [0.1, 0.15) is 5.82 Å². The zero-order chi connectivity index (χ0) is 14.9. The average molecular weight is 290 g/mol. The van der Waals surface area contributed by atoms with Crippen LogP contribution < -0.4 is 5.30 Å². The molecule has 4 heteroatoms. The van der Waals surface area contributed by atoms with E-state index < -0.39 is 13.6 Å². The fourth-order valence-corrected chi connectivity index (χ4v) is 3.74. The second-order valence-electron chi connectivity index (χ2n) is 4.94. The van der Waals surface area contributed by atoms with Crippen LogP contribution in [0.2, 0.25) is 0 Å². The standard InChI is InChI=1S/C16H16FO2P/c1-10-8-11(2)15(12(3)9-10)16(18)20(19)14-6-4-13(17)5-7-14/h4-9,20H,1-3H3. The Labute approximate surface area is 118 Å². The smallest absolute Gasteiger partial charge is 0.223 e. The highest BCUT2D eigenvalue weighted by atomic mass is 31.1. The summed E-state index contributed by atoms with van der Waals surface area (Å²) in [5.41, 5.74) is 2.87. The molecule has 1 unspecified atom stereocenters. The van der Waals surface area contributed by atoms with E-state index in [0.29, 0.717) is 10.9 Å². The van der Waals surface area contributed by atoms with Crippen molar-refractivity contribution in [3.63, 3.8) is 0 Å². The number of benzene rings is 2. The van der Waals surface area contributed by atoms with E-state index >= 15 is 0 Å². The van der Waals surface area contributed by atoms with Crippen molar-refractivity contribution in [1.29, 1.82) is 0 Å². The normalized spacial score (nSPS) is 12.2. The number of hydrogen-bond acceptors (Lipinski definition) is 2. The van der Waals surface area contributed by atoms with Gasteiger partial charge in [0.25, 0.3) is 0 Å². The van der Waals surface area contributed by atoms with Crippen molar-refractivity contribution in [1.82, 2.24) is 0 Å². The first-order valence-electron chi connectivity index (χ1n) is 6.32. The molecule has 0 saturated carbocycles. The van der Waals surface area contributed by atoms with E-state index in [1.807, 2.05) is 32.9 Å². The highest BCUT2D eigenvalue weighted by molar-refractivity contribution is 7.71. The van der Waals surface area contributed by atoms with Crippen LogP contribution in [0.15, 0.2) is 36.4 Å². The fraction of sp³-hybridized carbons (Fsp3) is 0.188. The van der Waals surface area contributed by atoms with Gasteiger partial charge in [-0.25, -0.2) is 4.39 Å². The lowest BCUT2D eigenvalue weighted by atomic mass is 10.0. The van der Waals surface area contributed by atoms with Gasteiger partial charge in [0.15, 0.2) is 7.80 Å². The minimum Gasteiger partial charge on any atom is -0.313 e. The van der Waals surface area contributed by atoms with Gasteiger partial charge in [0.05, 0.1) is 0 Å². The minimum atomic E-state index is -2.63. The summed E-state index contributed by atoms with van der Waals surface area (Å²) < 4.78 is 25.2. The van der Waals surface area contributed by atoms with Crippen LogP contribution in [0.3, 0.4) is 0 Å². The summed E-state index contributed by atoms with van der Waals surface area (Å²) in [7, 11) is -2.63. The van der Waals surface area contributed by atoms with E-state index in [1.54, 1.807) is 0 Å². The highest BCUT2D eigenvalue weighted by Gasteiger charge is 2.20. The average Bonchev–Trinajstić information content (AvgIpc) is 2.37. The predicted molar refractivity (Wildman–Crippen MR) is 80.0 cm³/mol. The maximum absolute atomic E-state index is 12.9. The van der Waals surface area contributed by atoms with E-state index in [0.717, 1.165) is 16.7 Å². The molecular weight excluding hydrogens is 274 g/mol. The fourth-order valence-electron chi connectivity index (χ4n) is 2.38. The zero-order valence-corrected chi connectivity index (χ0v) is 12.7. The van der Waals surface area contributed by atoms with E-state index in [1.165, 1.54) is 24.3 Å². The van der Waals surface area contributed by atoms with E-state index in [2.05, 4.69) is 0 Å². The van der Waals surface area contributed by atoms with Crippen molar-refractivity contribution in [3.8, 4) is 0 Å². The van der Waals surface area contributed by atoms with Gasteiger partial charge in [0.2, 0.25) is 5.52 Å². The molecule has 0 aromatic heterocycles. The Bertz CT molecular complexity index is 667. The van der Waals surface area contributed by atoms with Crippen LogP contribution in [-0.2, 0) is 4.57 Å². The van der Waals surface area contributed by atoms with Crippen molar-refractivity contribution in [2.45, 2.75) is 20.8 Å². The molecule has 104 valence electrons. The molecule has 0 aliphatic rings. The number of hydrogen-bond donors (Lipinski definition) is 0. The van der Waals surface area contributed by atoms with Gasteiger partial charge in [-0.1, -0.05) is 17.7 Å².